The van der Waals surface area contributed by atoms with E-state index in [1.807, 2.05) is 0 Å². The van der Waals surface area contributed by atoms with Crippen LogP contribution in [0.15, 0.2) is 18.2 Å². The fourth-order valence-corrected chi connectivity index (χ4v) is 2.68. The van der Waals surface area contributed by atoms with E-state index in [4.69, 9.17) is 4.55 Å². The standard InChI is InChI=1S/C12H9F4N3O2S/c13-7-3-6(4-8(14)5-7)9-1-2-10-17-11(18-19(9)10)12(15,16)22(20)21/h3-5,9H,1-2H2,(H,20,21). The zero-order valence-corrected chi connectivity index (χ0v) is 11.7. The van der Waals surface area contributed by atoms with Crippen molar-refractivity contribution in [1.82, 2.24) is 14.8 Å². The van der Waals surface area contributed by atoms with Gasteiger partial charge in [0.15, 0.2) is 0 Å². The lowest BCUT2D eigenvalue weighted by Gasteiger charge is -2.13. The van der Waals surface area contributed by atoms with E-state index in [-0.39, 0.29) is 17.8 Å². The molecule has 118 valence electrons. The molecule has 0 radical (unpaired) electrons. The first-order valence-electron chi connectivity index (χ1n) is 6.19. The van der Waals surface area contributed by atoms with Gasteiger partial charge in [-0.3, -0.25) is 0 Å². The van der Waals surface area contributed by atoms with Gasteiger partial charge in [-0.15, -0.1) is 5.10 Å². The van der Waals surface area contributed by atoms with Crippen LogP contribution in [0.25, 0.3) is 0 Å². The molecule has 0 bridgehead atoms. The number of fused-ring (bicyclic) bond motifs is 1. The number of aryl methyl sites for hydroxylation is 1. The second-order valence-corrected chi connectivity index (χ2v) is 5.83. The van der Waals surface area contributed by atoms with Crippen LogP contribution < -0.4 is 0 Å². The Labute approximate surface area is 124 Å². The van der Waals surface area contributed by atoms with Crippen molar-refractivity contribution >= 4 is 11.1 Å². The molecule has 0 saturated carbocycles. The van der Waals surface area contributed by atoms with Gasteiger partial charge < -0.3 is 4.55 Å². The number of aromatic nitrogens is 3. The normalized spacial score (nSPS) is 19.2. The minimum absolute atomic E-state index is 0.176. The van der Waals surface area contributed by atoms with Crippen LogP contribution in [-0.2, 0) is 22.8 Å². The number of benzene rings is 1. The van der Waals surface area contributed by atoms with Crippen molar-refractivity contribution in [2.45, 2.75) is 24.1 Å². The molecule has 1 aliphatic rings. The van der Waals surface area contributed by atoms with Crippen molar-refractivity contribution in [3.63, 3.8) is 0 Å². The summed E-state index contributed by atoms with van der Waals surface area (Å²) >= 11 is -3.45. The molecule has 0 aliphatic carbocycles. The molecule has 5 nitrogen and oxygen atoms in total. The SMILES string of the molecule is O=S(O)C(F)(F)c1nc2n(n1)C(c1cc(F)cc(F)c1)CC2. The van der Waals surface area contributed by atoms with Crippen LogP contribution in [0.1, 0.15) is 29.7 Å². The second kappa shape index (κ2) is 5.13. The summed E-state index contributed by atoms with van der Waals surface area (Å²) < 4.78 is 73.9. The van der Waals surface area contributed by atoms with Crippen LogP contribution in [0.2, 0.25) is 0 Å². The lowest BCUT2D eigenvalue weighted by Crippen LogP contribution is -2.22. The number of alkyl halides is 2. The predicted octanol–water partition coefficient (Wildman–Crippen LogP) is 2.36. The summed E-state index contributed by atoms with van der Waals surface area (Å²) in [5.74, 6) is -2.48. The summed E-state index contributed by atoms with van der Waals surface area (Å²) in [5.41, 5.74) is 0.237. The smallest absolute Gasteiger partial charge is 0.301 e. The first-order chi connectivity index (χ1) is 10.3. The third kappa shape index (κ3) is 2.41. The number of rotatable bonds is 3. The van der Waals surface area contributed by atoms with E-state index in [2.05, 4.69) is 10.1 Å². The molecule has 0 amide bonds. The largest absolute Gasteiger partial charge is 0.405 e. The fraction of sp³-hybridized carbons (Fsp3) is 0.333. The molecular weight excluding hydrogens is 326 g/mol. The Hall–Kier alpha value is -1.81. The molecule has 1 aromatic heterocycles. The lowest BCUT2D eigenvalue weighted by molar-refractivity contribution is 0.0778. The highest BCUT2D eigenvalue weighted by Gasteiger charge is 2.45. The van der Waals surface area contributed by atoms with E-state index in [1.165, 1.54) is 0 Å². The van der Waals surface area contributed by atoms with Gasteiger partial charge in [0, 0.05) is 12.5 Å². The Kier molecular flexibility index (Phi) is 3.52. The molecule has 2 aromatic rings. The van der Waals surface area contributed by atoms with E-state index in [9.17, 15) is 21.8 Å². The average Bonchev–Trinajstić information content (AvgIpc) is 2.96. The predicted molar refractivity (Wildman–Crippen MR) is 67.5 cm³/mol. The van der Waals surface area contributed by atoms with Gasteiger partial charge in [-0.25, -0.2) is 22.7 Å². The first kappa shape index (κ1) is 15.1. The molecule has 1 N–H and O–H groups in total. The maximum absolute atomic E-state index is 13.5. The van der Waals surface area contributed by atoms with Gasteiger partial charge in [0.25, 0.3) is 0 Å². The van der Waals surface area contributed by atoms with Crippen LogP contribution in [0, 0.1) is 11.6 Å². The average molecular weight is 335 g/mol. The summed E-state index contributed by atoms with van der Waals surface area (Å²) in [5, 5.41) is -0.544. The van der Waals surface area contributed by atoms with Crippen molar-refractivity contribution in [2.75, 3.05) is 0 Å². The van der Waals surface area contributed by atoms with Gasteiger partial charge in [-0.1, -0.05) is 0 Å². The van der Waals surface area contributed by atoms with E-state index in [0.29, 0.717) is 12.5 Å². The van der Waals surface area contributed by atoms with Crippen LogP contribution >= 0.6 is 0 Å². The monoisotopic (exact) mass is 335 g/mol. The second-order valence-electron chi connectivity index (χ2n) is 4.82. The molecule has 0 fully saturated rings. The minimum Gasteiger partial charge on any atom is -0.301 e. The number of hydrogen-bond donors (Lipinski definition) is 1. The van der Waals surface area contributed by atoms with Gasteiger partial charge >= 0.3 is 5.25 Å². The minimum atomic E-state index is -4.10. The van der Waals surface area contributed by atoms with Gasteiger partial charge in [0.1, 0.15) is 17.5 Å². The van der Waals surface area contributed by atoms with Gasteiger partial charge in [-0.05, 0) is 24.1 Å². The van der Waals surface area contributed by atoms with Crippen molar-refractivity contribution < 1.29 is 26.3 Å². The Morgan fingerprint density at radius 2 is 1.91 bits per heavy atom. The first-order valence-corrected chi connectivity index (χ1v) is 7.30. The maximum atomic E-state index is 13.5. The Morgan fingerprint density at radius 3 is 2.50 bits per heavy atom. The van der Waals surface area contributed by atoms with Crippen LogP contribution in [-0.4, -0.2) is 23.5 Å². The van der Waals surface area contributed by atoms with Gasteiger partial charge in [0.2, 0.25) is 16.9 Å². The molecule has 2 heterocycles. The molecule has 1 aliphatic heterocycles. The highest BCUT2D eigenvalue weighted by molar-refractivity contribution is 7.79. The molecular formula is C12H9F4N3O2S. The summed E-state index contributed by atoms with van der Waals surface area (Å²) in [6.45, 7) is 0. The Morgan fingerprint density at radius 1 is 1.27 bits per heavy atom. The quantitative estimate of drug-likeness (QED) is 0.691. The van der Waals surface area contributed by atoms with Crippen molar-refractivity contribution in [1.29, 1.82) is 0 Å². The third-order valence-electron chi connectivity index (χ3n) is 3.39. The molecule has 1 aromatic carbocycles. The molecule has 3 rings (SSSR count). The van der Waals surface area contributed by atoms with E-state index >= 15 is 0 Å². The summed E-state index contributed by atoms with van der Waals surface area (Å²) in [6.07, 6.45) is 0.663. The third-order valence-corrected chi connectivity index (χ3v) is 4.01. The van der Waals surface area contributed by atoms with E-state index in [0.717, 1.165) is 16.8 Å². The summed E-state index contributed by atoms with van der Waals surface area (Å²) in [6, 6.07) is 2.23. The van der Waals surface area contributed by atoms with E-state index in [1.54, 1.807) is 0 Å². The topological polar surface area (TPSA) is 68.0 Å². The van der Waals surface area contributed by atoms with E-state index < -0.39 is 39.8 Å². The molecule has 0 saturated heterocycles. The van der Waals surface area contributed by atoms with Crippen LogP contribution in [0.5, 0.6) is 0 Å². The molecule has 2 atom stereocenters. The van der Waals surface area contributed by atoms with Crippen molar-refractivity contribution in [3.8, 4) is 0 Å². The Bertz CT molecular complexity index is 745. The van der Waals surface area contributed by atoms with Crippen molar-refractivity contribution in [2.24, 2.45) is 0 Å². The van der Waals surface area contributed by atoms with Crippen LogP contribution in [0.3, 0.4) is 0 Å². The lowest BCUT2D eigenvalue weighted by atomic mass is 10.0. The summed E-state index contributed by atoms with van der Waals surface area (Å²) in [4.78, 5) is 3.57. The van der Waals surface area contributed by atoms with Gasteiger partial charge in [-0.2, -0.15) is 8.78 Å². The fourth-order valence-electron chi connectivity index (χ4n) is 2.44. The number of nitrogens with zero attached hydrogens (tertiary/aromatic N) is 3. The summed E-state index contributed by atoms with van der Waals surface area (Å²) in [7, 11) is 0. The number of halogens is 4. The van der Waals surface area contributed by atoms with Crippen LogP contribution in [0.4, 0.5) is 17.6 Å². The number of hydrogen-bond acceptors (Lipinski definition) is 3. The van der Waals surface area contributed by atoms with Gasteiger partial charge in [0.05, 0.1) is 6.04 Å². The van der Waals surface area contributed by atoms with Crippen molar-refractivity contribution in [3.05, 3.63) is 47.0 Å². The highest BCUT2D eigenvalue weighted by atomic mass is 32.2. The molecule has 2 unspecified atom stereocenters. The molecule has 0 spiro atoms. The maximum Gasteiger partial charge on any atom is 0.405 e. The molecule has 22 heavy (non-hydrogen) atoms. The highest BCUT2D eigenvalue weighted by Crippen LogP contribution is 2.35. The molecule has 10 heteroatoms. The Balaban J connectivity index is 2.02. The zero-order valence-electron chi connectivity index (χ0n) is 10.8. The zero-order chi connectivity index (χ0) is 16.1.